The second-order valence-electron chi connectivity index (χ2n) is 9.90. The molecule has 6 heteroatoms. The molecule has 6 atom stereocenters. The van der Waals surface area contributed by atoms with Crippen LogP contribution in [0.2, 0.25) is 0 Å². The molecule has 30 heavy (non-hydrogen) atoms. The molecule has 0 unspecified atom stereocenters. The summed E-state index contributed by atoms with van der Waals surface area (Å²) in [5.74, 6) is -0.811. The van der Waals surface area contributed by atoms with E-state index in [-0.39, 0.29) is 35.9 Å². The summed E-state index contributed by atoms with van der Waals surface area (Å²) >= 11 is 0. The van der Waals surface area contributed by atoms with Gasteiger partial charge < -0.3 is 24.4 Å². The first kappa shape index (κ1) is 22.0. The molecule has 3 aliphatic carbocycles. The highest BCUT2D eigenvalue weighted by atomic mass is 16.7. The number of fused-ring (bicyclic) bond motifs is 3. The molecule has 1 aliphatic heterocycles. The molecule has 3 fully saturated rings. The largest absolute Gasteiger partial charge is 0.462 e. The van der Waals surface area contributed by atoms with Crippen LogP contribution < -0.4 is 0 Å². The molecule has 1 saturated heterocycles. The summed E-state index contributed by atoms with van der Waals surface area (Å²) in [4.78, 5) is 12.3. The maximum atomic E-state index is 12.3. The van der Waals surface area contributed by atoms with Crippen LogP contribution in [0.3, 0.4) is 0 Å². The summed E-state index contributed by atoms with van der Waals surface area (Å²) in [6, 6.07) is 0. The molecule has 168 valence electrons. The Balaban J connectivity index is 1.71. The number of ether oxygens (including phenoxy) is 3. The Hall–Kier alpha value is -1.21. The summed E-state index contributed by atoms with van der Waals surface area (Å²) in [7, 11) is 0. The zero-order chi connectivity index (χ0) is 21.6. The van der Waals surface area contributed by atoms with E-state index in [1.165, 1.54) is 5.57 Å². The standard InChI is InChI=1S/C24H36O6/c1-4-8-23(15-25)14-18(30-19(26)5-2)20-17(21(23)27)7-6-16-13-24(28-11-12-29-24)10-9-22(16,20)3/h4,6,17-18,20-21,25,27H,1,5,7-15H2,2-3H3/t17-,18-,20-,21+,22-,23+/m0/s1. The molecule has 2 saturated carbocycles. The number of esters is 1. The van der Waals surface area contributed by atoms with Crippen LogP contribution in [-0.2, 0) is 19.0 Å². The second kappa shape index (κ2) is 8.05. The van der Waals surface area contributed by atoms with Crippen molar-refractivity contribution in [3.63, 3.8) is 0 Å². The monoisotopic (exact) mass is 420 g/mol. The lowest BCUT2D eigenvalue weighted by atomic mass is 9.48. The first-order valence-electron chi connectivity index (χ1n) is 11.4. The maximum absolute atomic E-state index is 12.3. The van der Waals surface area contributed by atoms with E-state index in [1.54, 1.807) is 13.0 Å². The van der Waals surface area contributed by atoms with Crippen molar-refractivity contribution in [1.29, 1.82) is 0 Å². The lowest BCUT2D eigenvalue weighted by molar-refractivity contribution is -0.213. The highest BCUT2D eigenvalue weighted by molar-refractivity contribution is 5.69. The van der Waals surface area contributed by atoms with Crippen molar-refractivity contribution in [3.05, 3.63) is 24.3 Å². The predicted octanol–water partition coefficient (Wildman–Crippen LogP) is 3.12. The van der Waals surface area contributed by atoms with Crippen molar-refractivity contribution in [1.82, 2.24) is 0 Å². The van der Waals surface area contributed by atoms with Gasteiger partial charge in [-0.1, -0.05) is 31.6 Å². The van der Waals surface area contributed by atoms with Crippen LogP contribution in [0.25, 0.3) is 0 Å². The average Bonchev–Trinajstić information content (AvgIpc) is 3.19. The van der Waals surface area contributed by atoms with Gasteiger partial charge in [-0.25, -0.2) is 0 Å². The van der Waals surface area contributed by atoms with Gasteiger partial charge in [0.1, 0.15) is 6.10 Å². The zero-order valence-electron chi connectivity index (χ0n) is 18.3. The fraction of sp³-hybridized carbons (Fsp3) is 0.792. The highest BCUT2D eigenvalue weighted by Gasteiger charge is 2.62. The number of rotatable bonds is 5. The molecular formula is C24H36O6. The van der Waals surface area contributed by atoms with Crippen LogP contribution in [0, 0.1) is 22.7 Å². The third-order valence-corrected chi connectivity index (χ3v) is 8.34. The van der Waals surface area contributed by atoms with Crippen molar-refractivity contribution in [2.45, 2.75) is 76.8 Å². The van der Waals surface area contributed by atoms with Gasteiger partial charge in [-0.05, 0) is 37.0 Å². The third-order valence-electron chi connectivity index (χ3n) is 8.34. The van der Waals surface area contributed by atoms with E-state index in [0.717, 1.165) is 19.3 Å². The van der Waals surface area contributed by atoms with Crippen LogP contribution in [-0.4, -0.2) is 54.0 Å². The molecule has 0 amide bonds. The lowest BCUT2D eigenvalue weighted by Gasteiger charge is -2.60. The van der Waals surface area contributed by atoms with E-state index in [1.807, 2.05) is 0 Å². The molecule has 0 aromatic carbocycles. The van der Waals surface area contributed by atoms with E-state index in [4.69, 9.17) is 14.2 Å². The van der Waals surface area contributed by atoms with Gasteiger partial charge in [-0.3, -0.25) is 4.79 Å². The molecule has 4 aliphatic rings. The fourth-order valence-electron chi connectivity index (χ4n) is 6.71. The minimum atomic E-state index is -0.725. The summed E-state index contributed by atoms with van der Waals surface area (Å²) in [6.07, 6.45) is 7.33. The van der Waals surface area contributed by atoms with Crippen molar-refractivity contribution in [3.8, 4) is 0 Å². The summed E-state index contributed by atoms with van der Waals surface area (Å²) < 4.78 is 18.0. The molecule has 0 radical (unpaired) electrons. The molecule has 0 aromatic rings. The summed E-state index contributed by atoms with van der Waals surface area (Å²) in [5, 5.41) is 21.7. The van der Waals surface area contributed by atoms with E-state index in [0.29, 0.717) is 38.9 Å². The van der Waals surface area contributed by atoms with Gasteiger partial charge in [0.25, 0.3) is 0 Å². The topological polar surface area (TPSA) is 85.2 Å². The quantitative estimate of drug-likeness (QED) is 0.525. The lowest BCUT2D eigenvalue weighted by Crippen LogP contribution is -2.61. The Morgan fingerprint density at radius 1 is 1.37 bits per heavy atom. The smallest absolute Gasteiger partial charge is 0.305 e. The van der Waals surface area contributed by atoms with Gasteiger partial charge >= 0.3 is 5.97 Å². The van der Waals surface area contributed by atoms with Crippen molar-refractivity contribution < 1.29 is 29.2 Å². The number of carbonyl (C=O) groups is 1. The summed E-state index contributed by atoms with van der Waals surface area (Å²) in [6.45, 7) is 9.00. The van der Waals surface area contributed by atoms with Crippen molar-refractivity contribution >= 4 is 5.97 Å². The first-order valence-corrected chi connectivity index (χ1v) is 11.4. The van der Waals surface area contributed by atoms with Crippen LogP contribution in [0.15, 0.2) is 24.3 Å². The molecule has 6 nitrogen and oxygen atoms in total. The Kier molecular flexibility index (Phi) is 5.90. The molecular weight excluding hydrogens is 384 g/mol. The van der Waals surface area contributed by atoms with Gasteiger partial charge in [0.2, 0.25) is 0 Å². The van der Waals surface area contributed by atoms with Gasteiger partial charge in [-0.2, -0.15) is 0 Å². The maximum Gasteiger partial charge on any atom is 0.305 e. The molecule has 0 aromatic heterocycles. The summed E-state index contributed by atoms with van der Waals surface area (Å²) in [5.41, 5.74) is 0.373. The number of carbonyl (C=O) groups excluding carboxylic acids is 1. The molecule has 0 bridgehead atoms. The Bertz CT molecular complexity index is 710. The van der Waals surface area contributed by atoms with Gasteiger partial charge in [-0.15, -0.1) is 6.58 Å². The normalized spacial score (nSPS) is 42.2. The molecule has 1 heterocycles. The molecule has 1 spiro atoms. The molecule has 4 rings (SSSR count). The minimum Gasteiger partial charge on any atom is -0.462 e. The van der Waals surface area contributed by atoms with Gasteiger partial charge in [0.05, 0.1) is 25.9 Å². The number of aliphatic hydroxyl groups excluding tert-OH is 2. The SMILES string of the molecule is C=CC[C@]1(CO)C[C@H](OC(=O)CC)[C@@H]2[C@H](CC=C3CC4(CC[C@@]32C)OCCO4)[C@H]1O. The Labute approximate surface area is 179 Å². The Morgan fingerprint density at radius 2 is 2.10 bits per heavy atom. The first-order chi connectivity index (χ1) is 14.3. The fourth-order valence-corrected chi connectivity index (χ4v) is 6.71. The third kappa shape index (κ3) is 3.36. The van der Waals surface area contributed by atoms with Gasteiger partial charge in [0, 0.05) is 30.6 Å². The number of hydrogen-bond donors (Lipinski definition) is 2. The molecule has 2 N–H and O–H groups in total. The van der Waals surface area contributed by atoms with Crippen LogP contribution in [0.4, 0.5) is 0 Å². The van der Waals surface area contributed by atoms with Crippen molar-refractivity contribution in [2.75, 3.05) is 19.8 Å². The van der Waals surface area contributed by atoms with Crippen LogP contribution in [0.1, 0.15) is 58.8 Å². The average molecular weight is 421 g/mol. The number of aliphatic hydroxyl groups is 2. The van der Waals surface area contributed by atoms with E-state index in [9.17, 15) is 15.0 Å². The van der Waals surface area contributed by atoms with E-state index >= 15 is 0 Å². The van der Waals surface area contributed by atoms with E-state index in [2.05, 4.69) is 19.6 Å². The van der Waals surface area contributed by atoms with Crippen LogP contribution in [0.5, 0.6) is 0 Å². The van der Waals surface area contributed by atoms with Crippen LogP contribution >= 0.6 is 0 Å². The van der Waals surface area contributed by atoms with Gasteiger partial charge in [0.15, 0.2) is 5.79 Å². The van der Waals surface area contributed by atoms with E-state index < -0.39 is 17.3 Å². The number of allylic oxidation sites excluding steroid dienone is 2. The zero-order valence-corrected chi connectivity index (χ0v) is 18.3. The predicted molar refractivity (Wildman–Crippen MR) is 111 cm³/mol. The Morgan fingerprint density at radius 3 is 2.73 bits per heavy atom. The van der Waals surface area contributed by atoms with Crippen molar-refractivity contribution in [2.24, 2.45) is 22.7 Å². The highest BCUT2D eigenvalue weighted by Crippen LogP contribution is 2.62. The second-order valence-corrected chi connectivity index (χ2v) is 9.90. The minimum absolute atomic E-state index is 0.00578. The number of hydrogen-bond acceptors (Lipinski definition) is 6.